The summed E-state index contributed by atoms with van der Waals surface area (Å²) in [5.41, 5.74) is 1.31. The van der Waals surface area contributed by atoms with Crippen molar-refractivity contribution in [3.05, 3.63) is 16.1 Å². The van der Waals surface area contributed by atoms with Crippen LogP contribution in [0.1, 0.15) is 65.1 Å². The lowest BCUT2D eigenvalue weighted by molar-refractivity contribution is 0.187. The highest BCUT2D eigenvalue weighted by Gasteiger charge is 2.20. The summed E-state index contributed by atoms with van der Waals surface area (Å²) in [6.45, 7) is 18.6. The summed E-state index contributed by atoms with van der Waals surface area (Å²) in [5, 5.41) is 10.4. The van der Waals surface area contributed by atoms with Crippen molar-refractivity contribution in [2.45, 2.75) is 72.3 Å². The number of nitrogens with zero attached hydrogens (tertiary/aromatic N) is 3. The normalized spacial score (nSPS) is 17.5. The van der Waals surface area contributed by atoms with E-state index in [1.54, 1.807) is 11.3 Å². The van der Waals surface area contributed by atoms with Gasteiger partial charge in [-0.1, -0.05) is 34.6 Å². The van der Waals surface area contributed by atoms with Crippen LogP contribution < -0.4 is 10.6 Å². The summed E-state index contributed by atoms with van der Waals surface area (Å²) in [6.07, 6.45) is 3.29. The van der Waals surface area contributed by atoms with Crippen LogP contribution in [-0.4, -0.2) is 54.6 Å². The Balaban J connectivity index is 1.81. The summed E-state index contributed by atoms with van der Waals surface area (Å²) in [7, 11) is 0. The Morgan fingerprint density at radius 3 is 2.59 bits per heavy atom. The van der Waals surface area contributed by atoms with Gasteiger partial charge in [0.05, 0.1) is 10.7 Å². The van der Waals surface area contributed by atoms with Gasteiger partial charge in [0, 0.05) is 56.0 Å². The SMILES string of the molecule is CCNC(=NCCc1nc(C(C)(C)C)cs1)NC1CCN(CC(C)C)CC1. The average Bonchev–Trinajstić information content (AvgIpc) is 3.05. The van der Waals surface area contributed by atoms with Crippen molar-refractivity contribution in [3.63, 3.8) is 0 Å². The van der Waals surface area contributed by atoms with Gasteiger partial charge in [-0.15, -0.1) is 11.3 Å². The van der Waals surface area contributed by atoms with Gasteiger partial charge in [-0.3, -0.25) is 4.99 Å². The summed E-state index contributed by atoms with van der Waals surface area (Å²) < 4.78 is 0. The molecule has 5 nitrogen and oxygen atoms in total. The van der Waals surface area contributed by atoms with Crippen LogP contribution in [0.15, 0.2) is 10.4 Å². The number of aliphatic imine (C=N–C) groups is 1. The molecule has 0 bridgehead atoms. The van der Waals surface area contributed by atoms with Crippen LogP contribution in [0.3, 0.4) is 0 Å². The van der Waals surface area contributed by atoms with Gasteiger partial charge in [0.1, 0.15) is 0 Å². The molecular weight excluding hydrogens is 354 g/mol. The second-order valence-corrected chi connectivity index (χ2v) is 9.94. The van der Waals surface area contributed by atoms with Crippen LogP contribution in [0.25, 0.3) is 0 Å². The number of aromatic nitrogens is 1. The number of piperidine rings is 1. The highest BCUT2D eigenvalue weighted by Crippen LogP contribution is 2.24. The third-order valence-electron chi connectivity index (χ3n) is 4.81. The Morgan fingerprint density at radius 2 is 2.04 bits per heavy atom. The summed E-state index contributed by atoms with van der Waals surface area (Å²) in [4.78, 5) is 12.1. The zero-order chi connectivity index (χ0) is 19.9. The number of hydrogen-bond acceptors (Lipinski definition) is 4. The molecule has 2 heterocycles. The van der Waals surface area contributed by atoms with Gasteiger partial charge in [0.2, 0.25) is 0 Å². The summed E-state index contributed by atoms with van der Waals surface area (Å²) in [5.74, 6) is 1.70. The first-order valence-corrected chi connectivity index (χ1v) is 11.4. The molecule has 0 aliphatic carbocycles. The molecule has 0 saturated carbocycles. The fourth-order valence-electron chi connectivity index (χ4n) is 3.32. The molecule has 2 rings (SSSR count). The molecule has 0 radical (unpaired) electrons. The number of nitrogens with one attached hydrogen (secondary N) is 2. The van der Waals surface area contributed by atoms with Gasteiger partial charge in [-0.2, -0.15) is 0 Å². The number of thiazole rings is 1. The van der Waals surface area contributed by atoms with Gasteiger partial charge in [0.15, 0.2) is 5.96 Å². The third-order valence-corrected chi connectivity index (χ3v) is 5.72. The Labute approximate surface area is 170 Å². The van der Waals surface area contributed by atoms with Crippen LogP contribution in [0.4, 0.5) is 0 Å². The predicted molar refractivity (Wildman–Crippen MR) is 118 cm³/mol. The Morgan fingerprint density at radius 1 is 1.33 bits per heavy atom. The first-order valence-electron chi connectivity index (χ1n) is 10.5. The molecule has 0 amide bonds. The standard InChI is InChI=1S/C21H39N5S/c1-7-22-20(24-17-9-12-26(13-10-17)14-16(2)3)23-11-8-19-25-18(15-27-19)21(4,5)6/h15-17H,7-14H2,1-6H3,(H2,22,23,24). The lowest BCUT2D eigenvalue weighted by atomic mass is 9.93. The van der Waals surface area contributed by atoms with Crippen molar-refractivity contribution in [1.82, 2.24) is 20.5 Å². The van der Waals surface area contributed by atoms with Crippen molar-refractivity contribution in [2.24, 2.45) is 10.9 Å². The monoisotopic (exact) mass is 393 g/mol. The number of hydrogen-bond donors (Lipinski definition) is 2. The minimum absolute atomic E-state index is 0.124. The van der Waals surface area contributed by atoms with E-state index in [0.29, 0.717) is 6.04 Å². The lowest BCUT2D eigenvalue weighted by Gasteiger charge is -2.34. The molecular formula is C21H39N5S. The van der Waals surface area contributed by atoms with E-state index in [9.17, 15) is 0 Å². The molecule has 0 spiro atoms. The largest absolute Gasteiger partial charge is 0.357 e. The Kier molecular flexibility index (Phi) is 8.55. The molecule has 1 aromatic heterocycles. The molecule has 1 aromatic rings. The van der Waals surface area contributed by atoms with E-state index in [1.165, 1.54) is 43.2 Å². The molecule has 1 aliphatic heterocycles. The second-order valence-electron chi connectivity index (χ2n) is 9.00. The second kappa shape index (κ2) is 10.4. The molecule has 0 unspecified atom stereocenters. The number of rotatable bonds is 7. The van der Waals surface area contributed by atoms with Gasteiger partial charge in [-0.25, -0.2) is 4.98 Å². The van der Waals surface area contributed by atoms with E-state index < -0.39 is 0 Å². The zero-order valence-electron chi connectivity index (χ0n) is 18.1. The number of likely N-dealkylation sites (tertiary alicyclic amines) is 1. The first-order chi connectivity index (χ1) is 12.8. The van der Waals surface area contributed by atoms with Crippen LogP contribution in [0.2, 0.25) is 0 Å². The molecule has 6 heteroatoms. The minimum atomic E-state index is 0.124. The molecule has 0 aromatic carbocycles. The topological polar surface area (TPSA) is 52.6 Å². The van der Waals surface area contributed by atoms with Crippen LogP contribution >= 0.6 is 11.3 Å². The third kappa shape index (κ3) is 7.78. The van der Waals surface area contributed by atoms with E-state index in [-0.39, 0.29) is 5.41 Å². The van der Waals surface area contributed by atoms with E-state index in [0.717, 1.165) is 31.4 Å². The maximum Gasteiger partial charge on any atom is 0.191 e. The van der Waals surface area contributed by atoms with E-state index >= 15 is 0 Å². The molecule has 0 atom stereocenters. The fraction of sp³-hybridized carbons (Fsp3) is 0.810. The van der Waals surface area contributed by atoms with Crippen molar-refractivity contribution >= 4 is 17.3 Å². The van der Waals surface area contributed by atoms with Crippen LogP contribution in [0.5, 0.6) is 0 Å². The average molecular weight is 394 g/mol. The van der Waals surface area contributed by atoms with E-state index in [4.69, 9.17) is 9.98 Å². The molecule has 1 saturated heterocycles. The van der Waals surface area contributed by atoms with Crippen LogP contribution in [0, 0.1) is 5.92 Å². The molecule has 154 valence electrons. The van der Waals surface area contributed by atoms with Gasteiger partial charge in [0.25, 0.3) is 0 Å². The van der Waals surface area contributed by atoms with Gasteiger partial charge < -0.3 is 15.5 Å². The minimum Gasteiger partial charge on any atom is -0.357 e. The predicted octanol–water partition coefficient (Wildman–Crippen LogP) is 3.66. The van der Waals surface area contributed by atoms with Crippen LogP contribution in [-0.2, 0) is 11.8 Å². The Bertz CT molecular complexity index is 580. The zero-order valence-corrected chi connectivity index (χ0v) is 19.0. The van der Waals surface area contributed by atoms with E-state index in [2.05, 4.69) is 62.5 Å². The number of guanidine groups is 1. The summed E-state index contributed by atoms with van der Waals surface area (Å²) >= 11 is 1.76. The highest BCUT2D eigenvalue weighted by molar-refractivity contribution is 7.09. The Hall–Kier alpha value is -1.14. The molecule has 1 aliphatic rings. The molecule has 2 N–H and O–H groups in total. The molecule has 27 heavy (non-hydrogen) atoms. The quantitative estimate of drug-likeness (QED) is 0.548. The van der Waals surface area contributed by atoms with Crippen molar-refractivity contribution in [1.29, 1.82) is 0 Å². The maximum atomic E-state index is 4.79. The fourth-order valence-corrected chi connectivity index (χ4v) is 4.34. The smallest absolute Gasteiger partial charge is 0.191 e. The maximum absolute atomic E-state index is 4.79. The van der Waals surface area contributed by atoms with Crippen molar-refractivity contribution < 1.29 is 0 Å². The highest BCUT2D eigenvalue weighted by atomic mass is 32.1. The first kappa shape index (κ1) is 22.2. The lowest BCUT2D eigenvalue weighted by Crippen LogP contribution is -2.49. The van der Waals surface area contributed by atoms with Crippen molar-refractivity contribution in [3.8, 4) is 0 Å². The van der Waals surface area contributed by atoms with Gasteiger partial charge >= 0.3 is 0 Å². The molecule has 1 fully saturated rings. The van der Waals surface area contributed by atoms with Gasteiger partial charge in [-0.05, 0) is 25.7 Å². The summed E-state index contributed by atoms with van der Waals surface area (Å²) in [6, 6.07) is 0.526. The van der Waals surface area contributed by atoms with E-state index in [1.807, 2.05) is 0 Å². The van der Waals surface area contributed by atoms with Crippen molar-refractivity contribution in [2.75, 3.05) is 32.7 Å².